The Labute approximate surface area is 155 Å². The Hall–Kier alpha value is -3.36. The van der Waals surface area contributed by atoms with Gasteiger partial charge in [0.25, 0.3) is 5.56 Å². The molecule has 0 radical (unpaired) electrons. The number of likely N-dealkylation sites (N-methyl/N-ethyl adjacent to an activating group) is 1. The van der Waals surface area contributed by atoms with Gasteiger partial charge in [0, 0.05) is 39.9 Å². The highest BCUT2D eigenvalue weighted by molar-refractivity contribution is 5.78. The van der Waals surface area contributed by atoms with Crippen LogP contribution in [0.1, 0.15) is 0 Å². The van der Waals surface area contributed by atoms with E-state index >= 15 is 0 Å². The quantitative estimate of drug-likeness (QED) is 0.642. The van der Waals surface area contributed by atoms with E-state index in [-0.39, 0.29) is 23.6 Å². The summed E-state index contributed by atoms with van der Waals surface area (Å²) in [5.41, 5.74) is 0.640. The molecule has 0 unspecified atom stereocenters. The van der Waals surface area contributed by atoms with Gasteiger partial charge in [0.2, 0.25) is 5.91 Å². The van der Waals surface area contributed by atoms with Crippen molar-refractivity contribution in [3.8, 4) is 0 Å². The molecule has 0 aliphatic carbocycles. The average molecular weight is 370 g/mol. The molecule has 3 rings (SSSR count). The maximum absolute atomic E-state index is 12.4. The summed E-state index contributed by atoms with van der Waals surface area (Å²) in [5.74, 6) is -0.230. The highest BCUT2D eigenvalue weighted by atomic mass is 16.2. The summed E-state index contributed by atoms with van der Waals surface area (Å²) in [6.07, 6.45) is 1.40. The molecular weight excluding hydrogens is 348 g/mol. The number of aryl methyl sites for hydroxylation is 1. The highest BCUT2D eigenvalue weighted by Gasteiger charge is 2.15. The second-order valence-corrected chi connectivity index (χ2v) is 6.36. The predicted octanol–water partition coefficient (Wildman–Crippen LogP) is -0.314. The highest BCUT2D eigenvalue weighted by Crippen LogP contribution is 2.09. The van der Waals surface area contributed by atoms with E-state index in [0.29, 0.717) is 13.1 Å². The minimum absolute atomic E-state index is 0.0427. The van der Waals surface area contributed by atoms with Gasteiger partial charge in [-0.2, -0.15) is 0 Å². The summed E-state index contributed by atoms with van der Waals surface area (Å²) in [4.78, 5) is 42.7. The summed E-state index contributed by atoms with van der Waals surface area (Å²) in [7, 11) is 4.90. The van der Waals surface area contributed by atoms with Crippen LogP contribution in [0.15, 0.2) is 46.2 Å². The molecule has 0 saturated heterocycles. The summed E-state index contributed by atoms with van der Waals surface area (Å²) >= 11 is 0. The number of hydrogen-bond acceptors (Lipinski definition) is 5. The molecule has 27 heavy (non-hydrogen) atoms. The van der Waals surface area contributed by atoms with Gasteiger partial charge in [0.1, 0.15) is 6.54 Å². The maximum atomic E-state index is 12.4. The first-order valence-corrected chi connectivity index (χ1v) is 8.54. The van der Waals surface area contributed by atoms with Crippen molar-refractivity contribution in [2.75, 3.05) is 25.0 Å². The Kier molecular flexibility index (Phi) is 5.11. The van der Waals surface area contributed by atoms with Crippen molar-refractivity contribution < 1.29 is 4.79 Å². The number of aromatic nitrogens is 4. The summed E-state index contributed by atoms with van der Waals surface area (Å²) in [5, 5.41) is 2.84. The molecule has 0 spiro atoms. The fourth-order valence-electron chi connectivity index (χ4n) is 2.90. The van der Waals surface area contributed by atoms with Crippen LogP contribution in [0.3, 0.4) is 0 Å². The van der Waals surface area contributed by atoms with E-state index in [1.807, 2.05) is 42.3 Å². The zero-order chi connectivity index (χ0) is 19.6. The van der Waals surface area contributed by atoms with Crippen LogP contribution in [0.25, 0.3) is 11.2 Å². The normalized spacial score (nSPS) is 10.9. The van der Waals surface area contributed by atoms with Gasteiger partial charge in [0.15, 0.2) is 11.2 Å². The fraction of sp³-hybridized carbons (Fsp3) is 0.333. The fourth-order valence-corrected chi connectivity index (χ4v) is 2.90. The minimum atomic E-state index is -0.470. The number of imidazole rings is 1. The third-order valence-corrected chi connectivity index (χ3v) is 4.50. The standard InChI is InChI=1S/C18H22N6O3/c1-21(13-7-5-4-6-8-13)10-9-19-14(25)11-24-12-20-16-15(24)17(26)23(3)18(27)22(16)2/h4-8,12H,9-11H2,1-3H3,(H,19,25). The van der Waals surface area contributed by atoms with Gasteiger partial charge in [-0.25, -0.2) is 9.78 Å². The summed E-state index contributed by atoms with van der Waals surface area (Å²) in [6, 6.07) is 9.87. The van der Waals surface area contributed by atoms with Gasteiger partial charge in [-0.3, -0.25) is 18.7 Å². The Morgan fingerprint density at radius 1 is 1.15 bits per heavy atom. The van der Waals surface area contributed by atoms with Crippen molar-refractivity contribution in [3.63, 3.8) is 0 Å². The molecule has 0 fully saturated rings. The number of nitrogens with zero attached hydrogens (tertiary/aromatic N) is 5. The molecule has 9 heteroatoms. The number of nitrogens with one attached hydrogen (secondary N) is 1. The van der Waals surface area contributed by atoms with E-state index in [1.165, 1.54) is 22.5 Å². The van der Waals surface area contributed by atoms with Crippen LogP contribution in [0, 0.1) is 0 Å². The molecule has 0 saturated carbocycles. The molecule has 2 aromatic heterocycles. The average Bonchev–Trinajstić information content (AvgIpc) is 3.08. The van der Waals surface area contributed by atoms with Crippen LogP contribution in [0.4, 0.5) is 5.69 Å². The van der Waals surface area contributed by atoms with Crippen LogP contribution in [-0.4, -0.2) is 44.7 Å². The number of benzene rings is 1. The van der Waals surface area contributed by atoms with Crippen molar-refractivity contribution in [1.82, 2.24) is 24.0 Å². The number of hydrogen-bond donors (Lipinski definition) is 1. The van der Waals surface area contributed by atoms with E-state index in [2.05, 4.69) is 10.3 Å². The molecule has 1 N–H and O–H groups in total. The molecule has 142 valence electrons. The zero-order valence-corrected chi connectivity index (χ0v) is 15.5. The molecule has 0 atom stereocenters. The number of amides is 1. The lowest BCUT2D eigenvalue weighted by molar-refractivity contribution is -0.121. The van der Waals surface area contributed by atoms with Gasteiger partial charge >= 0.3 is 5.69 Å². The third-order valence-electron chi connectivity index (χ3n) is 4.50. The molecule has 0 aliphatic heterocycles. The first-order valence-electron chi connectivity index (χ1n) is 8.54. The van der Waals surface area contributed by atoms with E-state index in [4.69, 9.17) is 0 Å². The van der Waals surface area contributed by atoms with Gasteiger partial charge in [-0.1, -0.05) is 18.2 Å². The zero-order valence-electron chi connectivity index (χ0n) is 15.5. The second kappa shape index (κ2) is 7.48. The Morgan fingerprint density at radius 3 is 2.56 bits per heavy atom. The van der Waals surface area contributed by atoms with Crippen molar-refractivity contribution >= 4 is 22.8 Å². The van der Waals surface area contributed by atoms with Gasteiger partial charge in [-0.15, -0.1) is 0 Å². The van der Waals surface area contributed by atoms with Crippen molar-refractivity contribution in [2.45, 2.75) is 6.54 Å². The van der Waals surface area contributed by atoms with Gasteiger partial charge in [0.05, 0.1) is 6.33 Å². The van der Waals surface area contributed by atoms with E-state index < -0.39 is 11.2 Å². The Morgan fingerprint density at radius 2 is 1.85 bits per heavy atom. The van der Waals surface area contributed by atoms with Crippen LogP contribution < -0.4 is 21.5 Å². The maximum Gasteiger partial charge on any atom is 0.332 e. The molecule has 0 bridgehead atoms. The van der Waals surface area contributed by atoms with Crippen LogP contribution >= 0.6 is 0 Å². The van der Waals surface area contributed by atoms with E-state index in [9.17, 15) is 14.4 Å². The molecular formula is C18H22N6O3. The molecule has 1 amide bonds. The molecule has 9 nitrogen and oxygen atoms in total. The van der Waals surface area contributed by atoms with Crippen LogP contribution in [0.5, 0.6) is 0 Å². The van der Waals surface area contributed by atoms with E-state index in [1.54, 1.807) is 7.05 Å². The van der Waals surface area contributed by atoms with Crippen LogP contribution in [-0.2, 0) is 25.4 Å². The topological polar surface area (TPSA) is 94.2 Å². The monoisotopic (exact) mass is 370 g/mol. The molecule has 0 aliphatic rings. The number of carbonyl (C=O) groups is 1. The molecule has 1 aromatic carbocycles. The van der Waals surface area contributed by atoms with Crippen molar-refractivity contribution in [3.05, 3.63) is 57.5 Å². The Balaban J connectivity index is 1.67. The third kappa shape index (κ3) is 3.62. The van der Waals surface area contributed by atoms with Gasteiger partial charge in [-0.05, 0) is 12.1 Å². The number of fused-ring (bicyclic) bond motifs is 1. The molecule has 2 heterocycles. The second-order valence-electron chi connectivity index (χ2n) is 6.36. The minimum Gasteiger partial charge on any atom is -0.373 e. The van der Waals surface area contributed by atoms with Crippen molar-refractivity contribution in [2.24, 2.45) is 14.1 Å². The smallest absolute Gasteiger partial charge is 0.332 e. The van der Waals surface area contributed by atoms with Crippen molar-refractivity contribution in [1.29, 1.82) is 0 Å². The lowest BCUT2D eigenvalue weighted by Crippen LogP contribution is -2.38. The van der Waals surface area contributed by atoms with Gasteiger partial charge < -0.3 is 14.8 Å². The SMILES string of the molecule is CN(CCNC(=O)Cn1cnc2c1c(=O)n(C)c(=O)n2C)c1ccccc1. The number of anilines is 1. The lowest BCUT2D eigenvalue weighted by atomic mass is 10.3. The number of carbonyl (C=O) groups excluding carboxylic acids is 1. The largest absolute Gasteiger partial charge is 0.373 e. The first-order chi connectivity index (χ1) is 12.9. The predicted molar refractivity (Wildman–Crippen MR) is 103 cm³/mol. The number of para-hydroxylation sites is 1. The lowest BCUT2D eigenvalue weighted by Gasteiger charge is -2.19. The van der Waals surface area contributed by atoms with E-state index in [0.717, 1.165) is 10.3 Å². The number of rotatable bonds is 6. The molecule has 3 aromatic rings. The Bertz CT molecular complexity index is 1080. The van der Waals surface area contributed by atoms with Crippen LogP contribution in [0.2, 0.25) is 0 Å². The first kappa shape index (κ1) is 18.4. The summed E-state index contributed by atoms with van der Waals surface area (Å²) in [6.45, 7) is 1.07. The summed E-state index contributed by atoms with van der Waals surface area (Å²) < 4.78 is 3.76.